The second-order valence-electron chi connectivity index (χ2n) is 17.9. The van der Waals surface area contributed by atoms with Crippen LogP contribution < -0.4 is 0 Å². The summed E-state index contributed by atoms with van der Waals surface area (Å²) in [4.78, 5) is 41.9. The fourth-order valence-corrected chi connectivity index (χ4v) is 8.80. The predicted octanol–water partition coefficient (Wildman–Crippen LogP) is 9.09. The van der Waals surface area contributed by atoms with E-state index in [-0.39, 0.29) is 49.7 Å². The molecule has 0 bridgehead atoms. The molecule has 7 aromatic rings. The van der Waals surface area contributed by atoms with E-state index >= 15 is 0 Å². The van der Waals surface area contributed by atoms with E-state index in [2.05, 4.69) is 0 Å². The Morgan fingerprint density at radius 2 is 0.693 bits per heavy atom. The Morgan fingerprint density at radius 3 is 1.13 bits per heavy atom. The first-order valence-corrected chi connectivity index (χ1v) is 24.8. The van der Waals surface area contributed by atoms with Crippen molar-refractivity contribution in [3.8, 4) is 0 Å². The number of aliphatic hydroxyl groups is 1. The summed E-state index contributed by atoms with van der Waals surface area (Å²) in [6.45, 7) is 0.321. The maximum Gasteiger partial charge on any atom is 0.338 e. The van der Waals surface area contributed by atoms with Crippen LogP contribution in [0.25, 0.3) is 0 Å². The molecule has 2 aliphatic heterocycles. The van der Waals surface area contributed by atoms with Crippen LogP contribution in [0, 0.1) is 0 Å². The molecule has 1 N–H and O–H groups in total. The first-order valence-electron chi connectivity index (χ1n) is 24.8. The molecule has 2 fully saturated rings. The van der Waals surface area contributed by atoms with E-state index in [0.717, 1.165) is 22.3 Å². The minimum absolute atomic E-state index is 0.0345. The van der Waals surface area contributed by atoms with Gasteiger partial charge in [0.05, 0.1) is 56.3 Å². The number of ether oxygens (including phenoxy) is 10. The smallest absolute Gasteiger partial charge is 0.338 e. The second-order valence-corrected chi connectivity index (χ2v) is 17.9. The zero-order chi connectivity index (χ0) is 51.6. The second kappa shape index (κ2) is 26.7. The van der Waals surface area contributed by atoms with Crippen molar-refractivity contribution < 1.29 is 66.9 Å². The highest BCUT2D eigenvalue weighted by molar-refractivity contribution is 5.91. The summed E-state index contributed by atoms with van der Waals surface area (Å²) in [6, 6.07) is 63.2. The lowest BCUT2D eigenvalue weighted by molar-refractivity contribution is -0.342. The van der Waals surface area contributed by atoms with Crippen molar-refractivity contribution in [2.45, 2.75) is 87.8 Å². The predicted molar refractivity (Wildman–Crippen MR) is 274 cm³/mol. The van der Waals surface area contributed by atoms with Crippen LogP contribution in [0.1, 0.15) is 53.3 Å². The van der Waals surface area contributed by atoms with Crippen LogP contribution >= 0.6 is 0 Å². The first kappa shape index (κ1) is 52.5. The van der Waals surface area contributed by atoms with Gasteiger partial charge in [-0.2, -0.15) is 0 Å². The Balaban J connectivity index is 1.07. The van der Waals surface area contributed by atoms with Crippen LogP contribution in [0.4, 0.5) is 0 Å². The lowest BCUT2D eigenvalue weighted by atomic mass is 9.96. The topological polar surface area (TPSA) is 164 Å². The van der Waals surface area contributed by atoms with Crippen LogP contribution in [0.5, 0.6) is 0 Å². The van der Waals surface area contributed by atoms with E-state index in [4.69, 9.17) is 47.4 Å². The summed E-state index contributed by atoms with van der Waals surface area (Å²) in [5, 5.41) is 11.9. The monoisotopic (exact) mass is 1010 g/mol. The molecule has 10 atom stereocenters. The zero-order valence-corrected chi connectivity index (χ0v) is 41.0. The SMILES string of the molecule is O=C(O[C@@H]1[C@@H](OC(=O)c2ccccc2)[C@@H](O)O[C@H](CO[C@@H]2O[C@H](COCc3ccccc3)[C@H](OCc3ccccc3)[C@H](OCc3ccccc3)[C@H]2OCc2ccccc2)[C@H]1OC(=O)c1ccccc1)c1ccccc1. The molecule has 14 nitrogen and oxygen atoms in total. The standard InChI is InChI=1S/C61H58O14/c62-57(46-30-16-5-17-31-46)73-52-50(71-60(65)55(75-59(64)48-34-20-7-21-35-48)54(52)74-58(63)47-32-18-6-19-33-47)41-70-61-56(69-39-45-28-14-4-15-29-45)53(68-38-44-26-12-3-13-27-44)51(67-37-43-24-10-2-11-25-43)49(72-61)40-66-36-42-22-8-1-9-23-42/h1-35,49-56,60-61,65H,36-41H2/t49-,50-,51+,52-,53+,54+,55-,56-,60+,61-/m1/s1. The van der Waals surface area contributed by atoms with Gasteiger partial charge in [-0.3, -0.25) is 0 Å². The lowest BCUT2D eigenvalue weighted by Crippen LogP contribution is -2.64. The summed E-state index contributed by atoms with van der Waals surface area (Å²) in [5.41, 5.74) is 4.08. The number of hydrogen-bond acceptors (Lipinski definition) is 14. The van der Waals surface area contributed by atoms with Gasteiger partial charge in [-0.1, -0.05) is 176 Å². The van der Waals surface area contributed by atoms with Crippen molar-refractivity contribution in [3.63, 3.8) is 0 Å². The maximum atomic E-state index is 14.1. The molecule has 2 saturated heterocycles. The van der Waals surface area contributed by atoms with Crippen molar-refractivity contribution in [2.75, 3.05) is 13.2 Å². The third-order valence-corrected chi connectivity index (χ3v) is 12.6. The van der Waals surface area contributed by atoms with Crippen molar-refractivity contribution >= 4 is 17.9 Å². The van der Waals surface area contributed by atoms with Crippen LogP contribution in [0.3, 0.4) is 0 Å². The molecule has 75 heavy (non-hydrogen) atoms. The average Bonchev–Trinajstić information content (AvgIpc) is 3.46. The van der Waals surface area contributed by atoms with Gasteiger partial charge < -0.3 is 52.5 Å². The number of rotatable bonds is 22. The average molecular weight is 1020 g/mol. The summed E-state index contributed by atoms with van der Waals surface area (Å²) < 4.78 is 65.2. The fraction of sp³-hybridized carbons (Fsp3) is 0.262. The summed E-state index contributed by atoms with van der Waals surface area (Å²) >= 11 is 0. The molecule has 0 radical (unpaired) electrons. The number of esters is 3. The van der Waals surface area contributed by atoms with E-state index < -0.39 is 85.9 Å². The molecule has 0 amide bonds. The highest BCUT2D eigenvalue weighted by Gasteiger charge is 2.54. The first-order chi connectivity index (χ1) is 36.9. The van der Waals surface area contributed by atoms with Gasteiger partial charge >= 0.3 is 17.9 Å². The minimum atomic E-state index is -1.93. The van der Waals surface area contributed by atoms with E-state index in [9.17, 15) is 19.5 Å². The summed E-state index contributed by atoms with van der Waals surface area (Å²) in [6.07, 6.45) is -13.0. The molecular formula is C61H58O14. The highest BCUT2D eigenvalue weighted by Crippen LogP contribution is 2.35. The van der Waals surface area contributed by atoms with Gasteiger partial charge in [0.1, 0.15) is 30.5 Å². The Labute approximate surface area is 435 Å². The normalized spacial score (nSPS) is 23.4. The molecule has 7 aromatic carbocycles. The Morgan fingerprint density at radius 1 is 0.347 bits per heavy atom. The maximum absolute atomic E-state index is 14.1. The Bertz CT molecular complexity index is 2810. The van der Waals surface area contributed by atoms with Crippen LogP contribution in [-0.4, -0.2) is 97.6 Å². The van der Waals surface area contributed by atoms with Gasteiger partial charge in [0, 0.05) is 0 Å². The van der Waals surface area contributed by atoms with Crippen LogP contribution in [0.2, 0.25) is 0 Å². The van der Waals surface area contributed by atoms with Crippen molar-refractivity contribution in [1.29, 1.82) is 0 Å². The largest absolute Gasteiger partial charge is 0.452 e. The third kappa shape index (κ3) is 14.5. The Kier molecular flexibility index (Phi) is 18.7. The number of carbonyl (C=O) groups is 3. The van der Waals surface area contributed by atoms with E-state index in [1.165, 1.54) is 24.3 Å². The minimum Gasteiger partial charge on any atom is -0.452 e. The molecule has 14 heteroatoms. The number of hydrogen-bond donors (Lipinski definition) is 1. The summed E-state index contributed by atoms with van der Waals surface area (Å²) in [5.74, 6) is -2.52. The van der Waals surface area contributed by atoms with Gasteiger partial charge in [-0.25, -0.2) is 14.4 Å². The third-order valence-electron chi connectivity index (χ3n) is 12.6. The molecule has 0 aliphatic carbocycles. The molecule has 2 heterocycles. The highest BCUT2D eigenvalue weighted by atomic mass is 16.7. The fourth-order valence-electron chi connectivity index (χ4n) is 8.80. The van der Waals surface area contributed by atoms with Crippen LogP contribution in [0.15, 0.2) is 212 Å². The molecule has 0 saturated carbocycles. The van der Waals surface area contributed by atoms with Gasteiger partial charge in [-0.15, -0.1) is 0 Å². The molecule has 0 aromatic heterocycles. The Hall–Kier alpha value is -7.37. The van der Waals surface area contributed by atoms with Crippen LogP contribution in [-0.2, 0) is 73.8 Å². The van der Waals surface area contributed by atoms with E-state index in [1.807, 2.05) is 121 Å². The number of aliphatic hydroxyl groups excluding tert-OH is 1. The van der Waals surface area contributed by atoms with Crippen molar-refractivity contribution in [3.05, 3.63) is 251 Å². The van der Waals surface area contributed by atoms with Gasteiger partial charge in [-0.05, 0) is 58.7 Å². The molecular weight excluding hydrogens is 957 g/mol. The summed E-state index contributed by atoms with van der Waals surface area (Å²) in [7, 11) is 0. The molecule has 0 unspecified atom stereocenters. The van der Waals surface area contributed by atoms with Gasteiger partial charge in [0.15, 0.2) is 30.9 Å². The van der Waals surface area contributed by atoms with Crippen molar-refractivity contribution in [2.24, 2.45) is 0 Å². The zero-order valence-electron chi connectivity index (χ0n) is 41.0. The van der Waals surface area contributed by atoms with Crippen molar-refractivity contribution in [1.82, 2.24) is 0 Å². The number of benzene rings is 7. The number of carbonyl (C=O) groups excluding carboxylic acids is 3. The quantitative estimate of drug-likeness (QED) is 0.0505. The molecule has 9 rings (SSSR count). The van der Waals surface area contributed by atoms with Gasteiger partial charge in [0.2, 0.25) is 0 Å². The van der Waals surface area contributed by atoms with E-state index in [1.54, 1.807) is 66.7 Å². The lowest BCUT2D eigenvalue weighted by Gasteiger charge is -2.47. The molecule has 0 spiro atoms. The molecule has 386 valence electrons. The van der Waals surface area contributed by atoms with E-state index in [0.29, 0.717) is 0 Å². The molecule has 2 aliphatic rings. The van der Waals surface area contributed by atoms with Gasteiger partial charge in [0.25, 0.3) is 0 Å².